The van der Waals surface area contributed by atoms with Gasteiger partial charge in [0.15, 0.2) is 0 Å². The summed E-state index contributed by atoms with van der Waals surface area (Å²) in [7, 11) is 1.60. The molecule has 1 aromatic carbocycles. The molecule has 1 amide bonds. The summed E-state index contributed by atoms with van der Waals surface area (Å²) in [6.07, 6.45) is 0.182. The Morgan fingerprint density at radius 2 is 1.50 bits per heavy atom. The fourth-order valence-electron chi connectivity index (χ4n) is 7.40. The molecule has 4 aliphatic rings. The van der Waals surface area contributed by atoms with Crippen molar-refractivity contribution in [2.45, 2.75) is 105 Å². The molecule has 10 unspecified atom stereocenters. The van der Waals surface area contributed by atoms with Crippen LogP contribution in [0.1, 0.15) is 106 Å². The molecule has 0 aromatic heterocycles. The minimum atomic E-state index is -1.81. The van der Waals surface area contributed by atoms with E-state index in [0.29, 0.717) is 25.7 Å². The Morgan fingerprint density at radius 1 is 0.854 bits per heavy atom. The molecule has 0 saturated heterocycles. The Balaban J connectivity index is 1.77. The van der Waals surface area contributed by atoms with Crippen molar-refractivity contribution < 1.29 is 43.9 Å². The van der Waals surface area contributed by atoms with E-state index in [1.54, 1.807) is 14.0 Å². The van der Waals surface area contributed by atoms with Gasteiger partial charge in [-0.15, -0.1) is 0 Å². The number of hydrogen-bond acceptors (Lipinski definition) is 11. The summed E-state index contributed by atoms with van der Waals surface area (Å²) in [4.78, 5) is 45.1. The number of phenols is 1. The largest absolute Gasteiger partial charge is 0.507 e. The van der Waals surface area contributed by atoms with Crippen LogP contribution in [-0.4, -0.2) is 76.3 Å². The van der Waals surface area contributed by atoms with E-state index < -0.39 is 58.8 Å². The van der Waals surface area contributed by atoms with Crippen molar-refractivity contribution >= 4 is 28.9 Å². The van der Waals surface area contributed by atoms with Gasteiger partial charge in [0.25, 0.3) is 5.79 Å². The zero-order valence-electron chi connectivity index (χ0n) is 29.6. The second kappa shape index (κ2) is 14.3. The van der Waals surface area contributed by atoms with Gasteiger partial charge in [-0.1, -0.05) is 48.0 Å². The number of ketones is 2. The van der Waals surface area contributed by atoms with E-state index in [1.165, 1.54) is 13.8 Å². The molecule has 48 heavy (non-hydrogen) atoms. The maximum absolute atomic E-state index is 14.0. The molecule has 3 aliphatic heterocycles. The Bertz CT molecular complexity index is 1520. The maximum Gasteiger partial charge on any atom is 0.272 e. The van der Waals surface area contributed by atoms with Gasteiger partial charge in [-0.3, -0.25) is 14.4 Å². The van der Waals surface area contributed by atoms with Crippen molar-refractivity contribution in [3.8, 4) is 11.5 Å². The third-order valence-electron chi connectivity index (χ3n) is 11.3. The van der Waals surface area contributed by atoms with E-state index in [4.69, 9.17) is 25.7 Å². The highest BCUT2D eigenvalue weighted by atomic mass is 16.7. The molecule has 266 valence electrons. The predicted octanol–water partition coefficient (Wildman–Crippen LogP) is 3.89. The number of carbonyl (C=O) groups is 3. The Kier molecular flexibility index (Phi) is 11.1. The normalized spacial score (nSPS) is 35.9. The molecule has 5 rings (SSSR count). The van der Waals surface area contributed by atoms with Crippen LogP contribution in [-0.2, 0) is 14.3 Å². The number of amides is 1. The summed E-state index contributed by atoms with van der Waals surface area (Å²) in [6.45, 7) is 14.6. The summed E-state index contributed by atoms with van der Waals surface area (Å²) in [5.74, 6) is -5.60. The van der Waals surface area contributed by atoms with Crippen molar-refractivity contribution in [2.75, 3.05) is 13.7 Å². The number of nitrogens with zero attached hydrogens (tertiary/aromatic N) is 1. The number of carbonyl (C=O) groups excluding carboxylic acids is 3. The number of methoxy groups -OCH3 is 1. The summed E-state index contributed by atoms with van der Waals surface area (Å²) in [5.41, 5.74) is 11.6. The lowest BCUT2D eigenvalue weighted by molar-refractivity contribution is -0.136. The standard InChI is InChI=1S/C36H53N3O9/c1-15-11-10-12-16(2)35(45)39-28-27(38)26(37)23-24(32(28)43)31(42)21(7)33-25(23)34(44)36(8,48-33)47-14-13-22(46-9)18(4)17(3)19(5)30(41)20(6)29(15)40/h15-20,22,29-30,40-42H,10-14,37-38H2,1-9H3. The van der Waals surface area contributed by atoms with E-state index >= 15 is 0 Å². The zero-order chi connectivity index (χ0) is 36.0. The van der Waals surface area contributed by atoms with E-state index in [1.807, 2.05) is 27.7 Å². The lowest BCUT2D eigenvalue weighted by atomic mass is 9.73. The molecule has 3 heterocycles. The van der Waals surface area contributed by atoms with Crippen LogP contribution in [0.2, 0.25) is 0 Å². The summed E-state index contributed by atoms with van der Waals surface area (Å²) in [6, 6.07) is 0. The van der Waals surface area contributed by atoms with Gasteiger partial charge in [0, 0.05) is 37.0 Å². The molecule has 0 radical (unpaired) electrons. The molecule has 12 nitrogen and oxygen atoms in total. The summed E-state index contributed by atoms with van der Waals surface area (Å²) < 4.78 is 18.0. The fourth-order valence-corrected chi connectivity index (χ4v) is 7.40. The number of allylic oxidation sites excluding steroid dienone is 1. The number of fused-ring (bicyclic) bond motifs is 16. The van der Waals surface area contributed by atoms with Gasteiger partial charge in [0.2, 0.25) is 17.5 Å². The SMILES string of the molecule is COC1CCOC2(C)Oc3c(C)c(O)c4c(c3C2=O)C(N)=C(N)C(=NC(=O)C(C)CCCC(C)C(O)C(C)C(O)C(C)C(C)C1C)C4=O. The van der Waals surface area contributed by atoms with Gasteiger partial charge < -0.3 is 41.0 Å². The molecule has 0 saturated carbocycles. The molecule has 12 heteroatoms. The van der Waals surface area contributed by atoms with Crippen LogP contribution in [0.3, 0.4) is 0 Å². The minimum Gasteiger partial charge on any atom is -0.507 e. The molecule has 10 atom stereocenters. The average molecular weight is 672 g/mol. The lowest BCUT2D eigenvalue weighted by Gasteiger charge is -2.38. The first kappa shape index (κ1) is 37.5. The Labute approximate surface area is 282 Å². The van der Waals surface area contributed by atoms with Gasteiger partial charge in [-0.05, 0) is 49.9 Å². The number of aromatic hydroxyl groups is 1. The summed E-state index contributed by atoms with van der Waals surface area (Å²) in [5, 5.41) is 33.8. The van der Waals surface area contributed by atoms with Crippen molar-refractivity contribution in [3.63, 3.8) is 0 Å². The highest BCUT2D eigenvalue weighted by Gasteiger charge is 2.51. The second-order valence-electron chi connectivity index (χ2n) is 14.4. The summed E-state index contributed by atoms with van der Waals surface area (Å²) >= 11 is 0. The highest BCUT2D eigenvalue weighted by molar-refractivity contribution is 6.56. The molecule has 7 N–H and O–H groups in total. The van der Waals surface area contributed by atoms with Crippen LogP contribution in [0, 0.1) is 42.4 Å². The first-order chi connectivity index (χ1) is 22.4. The van der Waals surface area contributed by atoms with E-state index in [2.05, 4.69) is 11.9 Å². The fraction of sp³-hybridized carbons (Fsp3) is 0.667. The highest BCUT2D eigenvalue weighted by Crippen LogP contribution is 2.49. The number of Topliss-reactive ketones (excluding diaryl/α,β-unsaturated/α-hetero) is 2. The van der Waals surface area contributed by atoms with Gasteiger partial charge in [-0.25, -0.2) is 4.99 Å². The Morgan fingerprint density at radius 3 is 2.12 bits per heavy atom. The van der Waals surface area contributed by atoms with E-state index in [9.17, 15) is 29.7 Å². The van der Waals surface area contributed by atoms with Gasteiger partial charge >= 0.3 is 0 Å². The number of hydrogen-bond donors (Lipinski definition) is 5. The molecular formula is C36H53N3O9. The van der Waals surface area contributed by atoms with Crippen molar-refractivity contribution in [3.05, 3.63) is 28.0 Å². The van der Waals surface area contributed by atoms with Crippen LogP contribution < -0.4 is 16.2 Å². The second-order valence-corrected chi connectivity index (χ2v) is 14.4. The smallest absolute Gasteiger partial charge is 0.272 e. The third-order valence-corrected chi connectivity index (χ3v) is 11.3. The quantitative estimate of drug-likeness (QED) is 0.290. The number of ether oxygens (including phenoxy) is 3. The van der Waals surface area contributed by atoms with Crippen molar-refractivity contribution in [1.29, 1.82) is 0 Å². The van der Waals surface area contributed by atoms with Gasteiger partial charge in [-0.2, -0.15) is 0 Å². The predicted molar refractivity (Wildman–Crippen MR) is 180 cm³/mol. The molecule has 1 aromatic rings. The number of aliphatic hydroxyl groups excluding tert-OH is 2. The number of nitrogens with two attached hydrogens (primary N) is 2. The number of rotatable bonds is 1. The molecule has 1 aliphatic carbocycles. The van der Waals surface area contributed by atoms with Crippen LogP contribution in [0.4, 0.5) is 0 Å². The van der Waals surface area contributed by atoms with Crippen LogP contribution >= 0.6 is 0 Å². The Hall–Kier alpha value is -3.32. The van der Waals surface area contributed by atoms with Crippen molar-refractivity contribution in [1.82, 2.24) is 0 Å². The van der Waals surface area contributed by atoms with Crippen LogP contribution in [0.15, 0.2) is 10.7 Å². The number of phenolic OH excluding ortho intramolecular Hbond substituents is 1. The van der Waals surface area contributed by atoms with Gasteiger partial charge in [0.05, 0.1) is 47.4 Å². The van der Waals surface area contributed by atoms with Crippen molar-refractivity contribution in [2.24, 2.45) is 52.0 Å². The van der Waals surface area contributed by atoms with E-state index in [0.717, 1.165) is 0 Å². The van der Waals surface area contributed by atoms with Crippen LogP contribution in [0.5, 0.6) is 11.5 Å². The van der Waals surface area contributed by atoms with Gasteiger partial charge in [0.1, 0.15) is 17.2 Å². The lowest BCUT2D eigenvalue weighted by Crippen LogP contribution is -2.43. The minimum absolute atomic E-state index is 0.00290. The first-order valence-corrected chi connectivity index (χ1v) is 17.0. The number of benzene rings is 1. The number of aliphatic hydroxyl groups is 2. The number of aliphatic imine (C=N–C) groups is 1. The average Bonchev–Trinajstić information content (AvgIpc) is 3.32. The van der Waals surface area contributed by atoms with Crippen LogP contribution in [0.25, 0.3) is 5.70 Å². The monoisotopic (exact) mass is 671 g/mol. The molecule has 0 spiro atoms. The first-order valence-electron chi connectivity index (χ1n) is 17.0. The zero-order valence-corrected chi connectivity index (χ0v) is 29.6. The molecular weight excluding hydrogens is 618 g/mol. The molecule has 0 fully saturated rings. The molecule has 5 bridgehead atoms. The van der Waals surface area contributed by atoms with E-state index in [-0.39, 0.29) is 75.8 Å². The topological polar surface area (TPSA) is 204 Å². The maximum atomic E-state index is 14.0. The third kappa shape index (κ3) is 6.51.